The molecular weight excluding hydrogens is 200 g/mol. The van der Waals surface area contributed by atoms with Gasteiger partial charge in [0, 0.05) is 0 Å². The first-order chi connectivity index (χ1) is 7.56. The lowest BCUT2D eigenvalue weighted by Crippen LogP contribution is -2.08. The number of ether oxygens (including phenoxy) is 1. The van der Waals surface area contributed by atoms with E-state index in [1.807, 2.05) is 26.8 Å². The van der Waals surface area contributed by atoms with Gasteiger partial charge in [0.15, 0.2) is 6.29 Å². The van der Waals surface area contributed by atoms with Crippen molar-refractivity contribution in [2.75, 3.05) is 0 Å². The maximum absolute atomic E-state index is 11.0. The number of carbonyl (C=O) groups is 1. The van der Waals surface area contributed by atoms with Crippen LogP contribution in [0.1, 0.15) is 40.5 Å². The van der Waals surface area contributed by atoms with Crippen LogP contribution in [0.15, 0.2) is 35.6 Å². The van der Waals surface area contributed by atoms with E-state index in [0.717, 1.165) is 19.1 Å². The van der Waals surface area contributed by atoms with E-state index < -0.39 is 0 Å². The summed E-state index contributed by atoms with van der Waals surface area (Å²) in [5, 5.41) is 0. The molecule has 0 fully saturated rings. The van der Waals surface area contributed by atoms with Gasteiger partial charge in [0.25, 0.3) is 0 Å². The van der Waals surface area contributed by atoms with E-state index in [1.54, 1.807) is 6.08 Å². The molecule has 0 aliphatic rings. The highest BCUT2D eigenvalue weighted by molar-refractivity contribution is 5.82. The van der Waals surface area contributed by atoms with E-state index in [2.05, 4.69) is 13.5 Å². The molecule has 0 radical (unpaired) electrons. The summed E-state index contributed by atoms with van der Waals surface area (Å²) in [6.07, 6.45) is 6.66. The van der Waals surface area contributed by atoms with Crippen LogP contribution in [0.25, 0.3) is 0 Å². The Morgan fingerprint density at radius 3 is 2.56 bits per heavy atom. The predicted octanol–water partition coefficient (Wildman–Crippen LogP) is 3.80. The zero-order valence-corrected chi connectivity index (χ0v) is 10.7. The highest BCUT2D eigenvalue weighted by Gasteiger charge is 2.08. The van der Waals surface area contributed by atoms with E-state index in [1.165, 1.54) is 0 Å². The summed E-state index contributed by atoms with van der Waals surface area (Å²) < 4.78 is 5.66. The Hall–Kier alpha value is -1.31. The molecule has 0 spiro atoms. The van der Waals surface area contributed by atoms with Gasteiger partial charge in [-0.3, -0.25) is 4.79 Å². The Morgan fingerprint density at radius 2 is 2.12 bits per heavy atom. The van der Waals surface area contributed by atoms with Gasteiger partial charge in [-0.25, -0.2) is 0 Å². The van der Waals surface area contributed by atoms with E-state index >= 15 is 0 Å². The van der Waals surface area contributed by atoms with Gasteiger partial charge in [0.1, 0.15) is 5.76 Å². The van der Waals surface area contributed by atoms with Crippen LogP contribution in [0.5, 0.6) is 0 Å². The van der Waals surface area contributed by atoms with Gasteiger partial charge in [0.05, 0.1) is 11.7 Å². The summed E-state index contributed by atoms with van der Waals surface area (Å²) in [5.41, 5.74) is 1.24. The minimum absolute atomic E-state index is 0.137. The van der Waals surface area contributed by atoms with Crippen LogP contribution in [-0.4, -0.2) is 12.4 Å². The standard InChI is InChI=1S/C14H22O2/c1-6-8-11(3)14(10-15)13(5)16-12(4)9-7-2/h6,8,10,12H,3,7,9H2,1-2,4-5H3. The summed E-state index contributed by atoms with van der Waals surface area (Å²) in [6, 6.07) is 0. The maximum atomic E-state index is 11.0. The lowest BCUT2D eigenvalue weighted by atomic mass is 10.1. The first-order valence-electron chi connectivity index (χ1n) is 5.71. The number of hydrogen-bond acceptors (Lipinski definition) is 2. The normalized spacial score (nSPS) is 14.5. The molecule has 0 aliphatic carbocycles. The molecule has 0 saturated carbocycles. The highest BCUT2D eigenvalue weighted by atomic mass is 16.5. The van der Waals surface area contributed by atoms with E-state index in [-0.39, 0.29) is 6.10 Å². The summed E-state index contributed by atoms with van der Waals surface area (Å²) in [6.45, 7) is 11.7. The molecule has 16 heavy (non-hydrogen) atoms. The van der Waals surface area contributed by atoms with Crippen molar-refractivity contribution in [3.8, 4) is 0 Å². The molecule has 0 aliphatic heterocycles. The Balaban J connectivity index is 4.74. The molecule has 0 bridgehead atoms. The van der Waals surface area contributed by atoms with Crippen LogP contribution >= 0.6 is 0 Å². The fourth-order valence-electron chi connectivity index (χ4n) is 1.51. The van der Waals surface area contributed by atoms with Gasteiger partial charge < -0.3 is 4.74 Å². The van der Waals surface area contributed by atoms with Gasteiger partial charge in [0.2, 0.25) is 0 Å². The molecule has 90 valence electrons. The second-order valence-corrected chi connectivity index (χ2v) is 3.83. The molecular formula is C14H22O2. The molecule has 1 unspecified atom stereocenters. The largest absolute Gasteiger partial charge is 0.495 e. The average Bonchev–Trinajstić information content (AvgIpc) is 2.19. The van der Waals surface area contributed by atoms with Crippen molar-refractivity contribution in [2.24, 2.45) is 0 Å². The number of carbonyl (C=O) groups excluding carboxylic acids is 1. The topological polar surface area (TPSA) is 26.3 Å². The van der Waals surface area contributed by atoms with E-state index in [0.29, 0.717) is 16.9 Å². The zero-order chi connectivity index (χ0) is 12.6. The second kappa shape index (κ2) is 7.91. The fourth-order valence-corrected chi connectivity index (χ4v) is 1.51. The number of hydrogen-bond donors (Lipinski definition) is 0. The van der Waals surface area contributed by atoms with Gasteiger partial charge in [-0.2, -0.15) is 0 Å². The van der Waals surface area contributed by atoms with Crippen molar-refractivity contribution in [1.29, 1.82) is 0 Å². The van der Waals surface area contributed by atoms with Gasteiger partial charge in [-0.1, -0.05) is 32.1 Å². The van der Waals surface area contributed by atoms with Crippen LogP contribution in [0.3, 0.4) is 0 Å². The Labute approximate surface area is 98.7 Å². The highest BCUT2D eigenvalue weighted by Crippen LogP contribution is 2.16. The molecule has 0 saturated heterocycles. The lowest BCUT2D eigenvalue weighted by molar-refractivity contribution is -0.104. The summed E-state index contributed by atoms with van der Waals surface area (Å²) in [4.78, 5) is 11.0. The predicted molar refractivity (Wildman–Crippen MR) is 68.2 cm³/mol. The third kappa shape index (κ3) is 4.96. The molecule has 0 N–H and O–H groups in total. The summed E-state index contributed by atoms with van der Waals surface area (Å²) >= 11 is 0. The molecule has 1 atom stereocenters. The molecule has 2 nitrogen and oxygen atoms in total. The Bertz CT molecular complexity index is 298. The second-order valence-electron chi connectivity index (χ2n) is 3.83. The molecule has 2 heteroatoms. The summed E-state index contributed by atoms with van der Waals surface area (Å²) in [7, 11) is 0. The molecule has 0 heterocycles. The zero-order valence-electron chi connectivity index (χ0n) is 10.7. The Morgan fingerprint density at radius 1 is 1.50 bits per heavy atom. The molecule has 0 rings (SSSR count). The van der Waals surface area contributed by atoms with Gasteiger partial charge >= 0.3 is 0 Å². The van der Waals surface area contributed by atoms with E-state index in [4.69, 9.17) is 4.74 Å². The smallest absolute Gasteiger partial charge is 0.154 e. The summed E-state index contributed by atoms with van der Waals surface area (Å²) in [5.74, 6) is 0.652. The minimum atomic E-state index is 0.137. The van der Waals surface area contributed by atoms with Crippen LogP contribution < -0.4 is 0 Å². The average molecular weight is 222 g/mol. The molecule has 0 aromatic heterocycles. The van der Waals surface area contributed by atoms with Crippen molar-refractivity contribution in [3.05, 3.63) is 35.6 Å². The third-order valence-corrected chi connectivity index (χ3v) is 2.28. The van der Waals surface area contributed by atoms with Crippen molar-refractivity contribution in [2.45, 2.75) is 46.6 Å². The molecule has 0 aromatic carbocycles. The number of aldehydes is 1. The quantitative estimate of drug-likeness (QED) is 0.283. The first kappa shape index (κ1) is 14.7. The van der Waals surface area contributed by atoms with Crippen LogP contribution in [-0.2, 0) is 9.53 Å². The molecule has 0 amide bonds. The van der Waals surface area contributed by atoms with Crippen molar-refractivity contribution < 1.29 is 9.53 Å². The van der Waals surface area contributed by atoms with Crippen molar-refractivity contribution in [1.82, 2.24) is 0 Å². The maximum Gasteiger partial charge on any atom is 0.154 e. The van der Waals surface area contributed by atoms with Crippen LogP contribution in [0.2, 0.25) is 0 Å². The molecule has 0 aromatic rings. The first-order valence-corrected chi connectivity index (χ1v) is 5.71. The van der Waals surface area contributed by atoms with Crippen LogP contribution in [0.4, 0.5) is 0 Å². The SMILES string of the molecule is C=C(C=CC)C(C=O)=C(C)OC(C)CCC. The number of allylic oxidation sites excluding steroid dienone is 5. The van der Waals surface area contributed by atoms with Gasteiger partial charge in [-0.15, -0.1) is 0 Å². The minimum Gasteiger partial charge on any atom is -0.495 e. The van der Waals surface area contributed by atoms with Crippen molar-refractivity contribution >= 4 is 6.29 Å². The monoisotopic (exact) mass is 222 g/mol. The lowest BCUT2D eigenvalue weighted by Gasteiger charge is -2.16. The van der Waals surface area contributed by atoms with Gasteiger partial charge in [-0.05, 0) is 32.8 Å². The number of rotatable bonds is 7. The fraction of sp³-hybridized carbons (Fsp3) is 0.500. The van der Waals surface area contributed by atoms with Crippen molar-refractivity contribution in [3.63, 3.8) is 0 Å². The van der Waals surface area contributed by atoms with Crippen LogP contribution in [0, 0.1) is 0 Å². The van der Waals surface area contributed by atoms with E-state index in [9.17, 15) is 4.79 Å². The Kier molecular flexibility index (Phi) is 7.27. The third-order valence-electron chi connectivity index (χ3n) is 2.28.